The first-order valence-corrected chi connectivity index (χ1v) is 12.8. The lowest BCUT2D eigenvalue weighted by Crippen LogP contribution is -2.41. The molecule has 2 saturated carbocycles. The van der Waals surface area contributed by atoms with Crippen molar-refractivity contribution in [3.05, 3.63) is 36.0 Å². The number of sulfone groups is 1. The number of amides is 2. The van der Waals surface area contributed by atoms with Gasteiger partial charge in [-0.3, -0.25) is 0 Å². The van der Waals surface area contributed by atoms with E-state index in [1.807, 2.05) is 0 Å². The Hall–Kier alpha value is -2.68. The average Bonchev–Trinajstić information content (AvgIpc) is 3.26. The van der Waals surface area contributed by atoms with Crippen LogP contribution in [0.25, 0.3) is 11.4 Å². The normalized spacial score (nSPS) is 17.7. The maximum absolute atomic E-state index is 13.3. The van der Waals surface area contributed by atoms with Crippen LogP contribution in [0.2, 0.25) is 0 Å². The molecule has 1 aromatic carbocycles. The smallest absolute Gasteiger partial charge is 0.319 e. The lowest BCUT2D eigenvalue weighted by atomic mass is 9.93. The molecule has 0 atom stereocenters. The Labute approximate surface area is 189 Å². The van der Waals surface area contributed by atoms with E-state index in [1.165, 1.54) is 0 Å². The zero-order valence-electron chi connectivity index (χ0n) is 18.6. The van der Waals surface area contributed by atoms with E-state index in [4.69, 9.17) is 5.73 Å². The highest BCUT2D eigenvalue weighted by Gasteiger charge is 2.44. The lowest BCUT2D eigenvalue weighted by Gasteiger charge is -2.28. The van der Waals surface area contributed by atoms with Crippen molar-refractivity contribution in [1.82, 2.24) is 15.3 Å². The van der Waals surface area contributed by atoms with Crippen LogP contribution in [-0.2, 0) is 14.6 Å². The number of hydrogen-bond donors (Lipinski definition) is 3. The summed E-state index contributed by atoms with van der Waals surface area (Å²) in [4.78, 5) is 21.0. The Morgan fingerprint density at radius 1 is 1.03 bits per heavy atom. The molecule has 32 heavy (non-hydrogen) atoms. The van der Waals surface area contributed by atoms with Gasteiger partial charge in [-0.1, -0.05) is 12.8 Å². The van der Waals surface area contributed by atoms with E-state index in [0.29, 0.717) is 35.6 Å². The molecule has 1 aromatic heterocycles. The summed E-state index contributed by atoms with van der Waals surface area (Å²) >= 11 is 0. The molecule has 4 N–H and O–H groups in total. The Morgan fingerprint density at radius 2 is 1.69 bits per heavy atom. The Kier molecular flexibility index (Phi) is 6.11. The second-order valence-electron chi connectivity index (χ2n) is 9.27. The molecule has 2 fully saturated rings. The van der Waals surface area contributed by atoms with Crippen molar-refractivity contribution >= 4 is 27.4 Å². The predicted octanol–water partition coefficient (Wildman–Crippen LogP) is 3.99. The van der Waals surface area contributed by atoms with Crippen LogP contribution in [0.1, 0.15) is 64.5 Å². The third-order valence-corrected chi connectivity index (χ3v) is 9.64. The second-order valence-corrected chi connectivity index (χ2v) is 12.0. The summed E-state index contributed by atoms with van der Waals surface area (Å²) < 4.78 is 25.5. The topological polar surface area (TPSA) is 127 Å². The third-order valence-electron chi connectivity index (χ3n) is 6.66. The van der Waals surface area contributed by atoms with Crippen molar-refractivity contribution in [3.8, 4) is 11.4 Å². The van der Waals surface area contributed by atoms with Gasteiger partial charge in [-0.05, 0) is 70.2 Å². The zero-order chi connectivity index (χ0) is 22.9. The first kappa shape index (κ1) is 22.5. The zero-order valence-corrected chi connectivity index (χ0v) is 19.4. The molecule has 2 aliphatic rings. The Bertz CT molecular complexity index is 1090. The largest absolute Gasteiger partial charge is 0.384 e. The van der Waals surface area contributed by atoms with Gasteiger partial charge in [-0.15, -0.1) is 0 Å². The minimum Gasteiger partial charge on any atom is -0.384 e. The molecule has 9 heteroatoms. The van der Waals surface area contributed by atoms with Crippen LogP contribution in [0.5, 0.6) is 0 Å². The van der Waals surface area contributed by atoms with Crippen molar-refractivity contribution in [2.45, 2.75) is 74.8 Å². The van der Waals surface area contributed by atoms with Crippen molar-refractivity contribution in [2.75, 3.05) is 11.1 Å². The van der Waals surface area contributed by atoms with E-state index >= 15 is 0 Å². The van der Waals surface area contributed by atoms with Crippen LogP contribution >= 0.6 is 0 Å². The van der Waals surface area contributed by atoms with Crippen molar-refractivity contribution in [3.63, 3.8) is 0 Å². The maximum Gasteiger partial charge on any atom is 0.319 e. The van der Waals surface area contributed by atoms with Crippen LogP contribution in [0.4, 0.5) is 16.3 Å². The van der Waals surface area contributed by atoms with Crippen LogP contribution < -0.4 is 16.4 Å². The van der Waals surface area contributed by atoms with Crippen LogP contribution in [0.15, 0.2) is 30.3 Å². The van der Waals surface area contributed by atoms with Gasteiger partial charge >= 0.3 is 6.03 Å². The second kappa shape index (κ2) is 8.69. The number of carbonyl (C=O) groups is 1. The number of urea groups is 1. The number of aromatic nitrogens is 2. The number of benzene rings is 1. The molecule has 0 aliphatic heterocycles. The average molecular weight is 458 g/mol. The summed E-state index contributed by atoms with van der Waals surface area (Å²) in [6.45, 7) is 3.39. The van der Waals surface area contributed by atoms with E-state index in [9.17, 15) is 13.2 Å². The van der Waals surface area contributed by atoms with Crippen molar-refractivity contribution in [1.29, 1.82) is 0 Å². The number of anilines is 2. The Balaban J connectivity index is 1.55. The first-order chi connectivity index (χ1) is 15.2. The fourth-order valence-electron chi connectivity index (χ4n) is 4.27. The van der Waals surface area contributed by atoms with E-state index in [-0.39, 0.29) is 23.1 Å². The molecule has 0 spiro atoms. The van der Waals surface area contributed by atoms with Gasteiger partial charge in [-0.25, -0.2) is 23.2 Å². The summed E-state index contributed by atoms with van der Waals surface area (Å²) in [7, 11) is -3.44. The number of nitrogens with one attached hydrogen (secondary N) is 2. The number of hydrogen-bond acceptors (Lipinski definition) is 6. The van der Waals surface area contributed by atoms with Gasteiger partial charge in [0.05, 0.1) is 10.9 Å². The van der Waals surface area contributed by atoms with Gasteiger partial charge in [0.25, 0.3) is 0 Å². The number of nitrogen functional groups attached to an aromatic ring is 1. The molecule has 2 aliphatic carbocycles. The number of nitrogens with zero attached hydrogens (tertiary/aromatic N) is 2. The molecule has 0 bridgehead atoms. The summed E-state index contributed by atoms with van der Waals surface area (Å²) in [5.41, 5.74) is 7.78. The molecule has 2 amide bonds. The maximum atomic E-state index is 13.3. The standard InChI is InChI=1S/C23H31N5O3S/c1-23(2,32(30,31)18-8-3-4-9-18)19-14-20(24)28-21(27-19)15-10-12-17(13-11-15)26-22(29)25-16-6-5-7-16/h10-14,16,18H,3-9H2,1-2H3,(H2,24,27,28)(H2,25,26,29). The minimum atomic E-state index is -3.44. The monoisotopic (exact) mass is 457 g/mol. The van der Waals surface area contributed by atoms with Gasteiger partial charge < -0.3 is 16.4 Å². The van der Waals surface area contributed by atoms with Gasteiger partial charge in [0.2, 0.25) is 0 Å². The van der Waals surface area contributed by atoms with Gasteiger partial charge in [0.1, 0.15) is 10.6 Å². The fourth-order valence-corrected chi connectivity index (χ4v) is 6.46. The molecule has 172 valence electrons. The quantitative estimate of drug-likeness (QED) is 0.602. The highest BCUT2D eigenvalue weighted by atomic mass is 32.2. The van der Waals surface area contributed by atoms with E-state index in [2.05, 4.69) is 20.6 Å². The van der Waals surface area contributed by atoms with E-state index in [0.717, 1.165) is 32.1 Å². The molecule has 2 aromatic rings. The molecule has 1 heterocycles. The number of rotatable bonds is 6. The number of carbonyl (C=O) groups excluding carboxylic acids is 1. The molecule has 8 nitrogen and oxygen atoms in total. The third kappa shape index (κ3) is 4.44. The molecule has 0 saturated heterocycles. The minimum absolute atomic E-state index is 0.219. The van der Waals surface area contributed by atoms with Crippen LogP contribution in [0, 0.1) is 0 Å². The fraction of sp³-hybridized carbons (Fsp3) is 0.522. The number of nitrogens with two attached hydrogens (primary N) is 1. The molecule has 0 unspecified atom stereocenters. The molecule has 4 rings (SSSR count). The highest BCUT2D eigenvalue weighted by molar-refractivity contribution is 7.92. The summed E-state index contributed by atoms with van der Waals surface area (Å²) in [6, 6.07) is 8.70. The van der Waals surface area contributed by atoms with Gasteiger partial charge in [-0.2, -0.15) is 0 Å². The van der Waals surface area contributed by atoms with E-state index < -0.39 is 14.6 Å². The Morgan fingerprint density at radius 3 is 2.28 bits per heavy atom. The van der Waals surface area contributed by atoms with Gasteiger partial charge in [0, 0.05) is 23.4 Å². The van der Waals surface area contributed by atoms with Crippen LogP contribution in [0.3, 0.4) is 0 Å². The van der Waals surface area contributed by atoms with Crippen LogP contribution in [-0.4, -0.2) is 35.7 Å². The SMILES string of the molecule is CC(C)(c1cc(N)nc(-c2ccc(NC(=O)NC3CCC3)cc2)n1)S(=O)(=O)C1CCCC1. The summed E-state index contributed by atoms with van der Waals surface area (Å²) in [5, 5.41) is 5.42. The first-order valence-electron chi connectivity index (χ1n) is 11.2. The summed E-state index contributed by atoms with van der Waals surface area (Å²) in [5.74, 6) is 0.585. The summed E-state index contributed by atoms with van der Waals surface area (Å²) in [6.07, 6.45) is 6.47. The predicted molar refractivity (Wildman–Crippen MR) is 126 cm³/mol. The van der Waals surface area contributed by atoms with Crippen molar-refractivity contribution in [2.24, 2.45) is 0 Å². The molecular weight excluding hydrogens is 426 g/mol. The van der Waals surface area contributed by atoms with E-state index in [1.54, 1.807) is 44.2 Å². The van der Waals surface area contributed by atoms with Gasteiger partial charge in [0.15, 0.2) is 15.7 Å². The molecule has 0 radical (unpaired) electrons. The van der Waals surface area contributed by atoms with Crippen molar-refractivity contribution < 1.29 is 13.2 Å². The lowest BCUT2D eigenvalue weighted by molar-refractivity contribution is 0.240. The highest BCUT2D eigenvalue weighted by Crippen LogP contribution is 2.38. The molecular formula is C23H31N5O3S.